The molecule has 0 saturated carbocycles. The van der Waals surface area contributed by atoms with E-state index in [0.29, 0.717) is 6.61 Å². The summed E-state index contributed by atoms with van der Waals surface area (Å²) in [5.41, 5.74) is 5.59. The first-order chi connectivity index (χ1) is 8.90. The number of benzene rings is 1. The number of rotatable bonds is 7. The van der Waals surface area contributed by atoms with Crippen LogP contribution in [0.3, 0.4) is 0 Å². The second-order valence-electron chi connectivity index (χ2n) is 4.20. The van der Waals surface area contributed by atoms with E-state index in [2.05, 4.69) is 4.74 Å². The molecule has 0 bridgehead atoms. The molecule has 1 aromatic rings. The van der Waals surface area contributed by atoms with Crippen LogP contribution in [0, 0.1) is 5.82 Å². The molecule has 0 heterocycles. The number of nitrogens with two attached hydrogens (primary N) is 1. The van der Waals surface area contributed by atoms with Gasteiger partial charge in [0.05, 0.1) is 12.3 Å². The molecule has 1 aromatic carbocycles. The first-order valence-electron chi connectivity index (χ1n) is 5.71. The predicted octanol–water partition coefficient (Wildman–Crippen LogP) is 2.34. The quantitative estimate of drug-likeness (QED) is 0.614. The van der Waals surface area contributed by atoms with Gasteiger partial charge < -0.3 is 20.1 Å². The fraction of sp³-hybridized carbons (Fsp3) is 0.500. The minimum atomic E-state index is -3.10. The molecule has 4 nitrogen and oxygen atoms in total. The molecule has 0 aliphatic carbocycles. The van der Waals surface area contributed by atoms with Crippen LogP contribution in [0.15, 0.2) is 12.1 Å². The zero-order chi connectivity index (χ0) is 14.4. The molecule has 0 aliphatic rings. The van der Waals surface area contributed by atoms with Gasteiger partial charge in [0.2, 0.25) is 0 Å². The third-order valence-electron chi connectivity index (χ3n) is 2.29. The molecule has 0 spiro atoms. The average Bonchev–Trinajstić information content (AvgIpc) is 2.29. The van der Waals surface area contributed by atoms with Crippen molar-refractivity contribution in [2.24, 2.45) is 0 Å². The van der Waals surface area contributed by atoms with E-state index in [-0.39, 0.29) is 11.4 Å². The van der Waals surface area contributed by atoms with Gasteiger partial charge in [-0.15, -0.1) is 0 Å². The van der Waals surface area contributed by atoms with Gasteiger partial charge in [-0.25, -0.2) is 4.39 Å². The van der Waals surface area contributed by atoms with Crippen molar-refractivity contribution in [3.8, 4) is 11.5 Å². The highest BCUT2D eigenvalue weighted by molar-refractivity contribution is 5.56. The summed E-state index contributed by atoms with van der Waals surface area (Å²) >= 11 is 0. The molecule has 19 heavy (non-hydrogen) atoms. The monoisotopic (exact) mass is 278 g/mol. The number of halogens is 3. The van der Waals surface area contributed by atoms with Gasteiger partial charge in [-0.2, -0.15) is 8.78 Å². The van der Waals surface area contributed by atoms with Crippen LogP contribution < -0.4 is 15.2 Å². The van der Waals surface area contributed by atoms with E-state index >= 15 is 0 Å². The molecular weight excluding hydrogens is 261 g/mol. The number of anilines is 1. The Hall–Kier alpha value is -1.63. The van der Waals surface area contributed by atoms with E-state index < -0.39 is 18.2 Å². The van der Waals surface area contributed by atoms with Crippen molar-refractivity contribution < 1.29 is 22.6 Å². The fourth-order valence-corrected chi connectivity index (χ4v) is 1.42. The lowest BCUT2D eigenvalue weighted by Crippen LogP contribution is -2.15. The Labute approximate surface area is 109 Å². The van der Waals surface area contributed by atoms with Crippen LogP contribution >= 0.6 is 0 Å². The van der Waals surface area contributed by atoms with E-state index in [4.69, 9.17) is 10.5 Å². The lowest BCUT2D eigenvalue weighted by Gasteiger charge is -2.13. The van der Waals surface area contributed by atoms with Crippen LogP contribution in [0.1, 0.15) is 6.42 Å². The molecular formula is C12H17F3N2O2. The third kappa shape index (κ3) is 5.25. The van der Waals surface area contributed by atoms with Gasteiger partial charge in [-0.3, -0.25) is 0 Å². The molecule has 0 saturated heterocycles. The second kappa shape index (κ2) is 7.08. The van der Waals surface area contributed by atoms with Crippen LogP contribution in [0.25, 0.3) is 0 Å². The molecule has 0 atom stereocenters. The molecule has 1 rings (SSSR count). The maximum absolute atomic E-state index is 13.3. The highest BCUT2D eigenvalue weighted by Crippen LogP contribution is 2.31. The molecule has 108 valence electrons. The number of nitrogens with zero attached hydrogens (tertiary/aromatic N) is 1. The Balaban J connectivity index is 2.66. The number of hydrogen-bond acceptors (Lipinski definition) is 4. The van der Waals surface area contributed by atoms with Crippen LogP contribution in [-0.2, 0) is 0 Å². The standard InChI is InChI=1S/C12H17F3N2O2/c1-17(2)4-3-5-18-11-7-10(19-12(14)15)8(13)6-9(11)16/h6-7,12H,3-5,16H2,1-2H3. The topological polar surface area (TPSA) is 47.7 Å². The Bertz CT molecular complexity index is 414. The fourth-order valence-electron chi connectivity index (χ4n) is 1.42. The van der Waals surface area contributed by atoms with Crippen LogP contribution in [0.2, 0.25) is 0 Å². The highest BCUT2D eigenvalue weighted by atomic mass is 19.3. The summed E-state index contributed by atoms with van der Waals surface area (Å²) in [7, 11) is 3.83. The van der Waals surface area contributed by atoms with Crippen LogP contribution in [0.4, 0.5) is 18.9 Å². The summed E-state index contributed by atoms with van der Waals surface area (Å²) in [6.45, 7) is -1.94. The Kier molecular flexibility index (Phi) is 5.75. The molecule has 7 heteroatoms. The molecule has 0 fully saturated rings. The van der Waals surface area contributed by atoms with Crippen molar-refractivity contribution >= 4 is 5.69 Å². The summed E-state index contributed by atoms with van der Waals surface area (Å²) in [4.78, 5) is 1.97. The number of hydrogen-bond donors (Lipinski definition) is 1. The van der Waals surface area contributed by atoms with Crippen molar-refractivity contribution in [1.29, 1.82) is 0 Å². The summed E-state index contributed by atoms with van der Waals surface area (Å²) < 4.78 is 46.8. The molecule has 0 radical (unpaired) electrons. The molecule has 0 unspecified atom stereocenters. The largest absolute Gasteiger partial charge is 0.491 e. The van der Waals surface area contributed by atoms with Gasteiger partial charge in [0.1, 0.15) is 5.75 Å². The van der Waals surface area contributed by atoms with E-state index in [1.807, 2.05) is 19.0 Å². The summed E-state index contributed by atoms with van der Waals surface area (Å²) in [6, 6.07) is 1.94. The van der Waals surface area contributed by atoms with E-state index in [1.165, 1.54) is 0 Å². The average molecular weight is 278 g/mol. The van der Waals surface area contributed by atoms with Gasteiger partial charge in [0, 0.05) is 18.7 Å². The first-order valence-corrected chi connectivity index (χ1v) is 5.71. The minimum Gasteiger partial charge on any atom is -0.491 e. The van der Waals surface area contributed by atoms with Crippen LogP contribution in [-0.4, -0.2) is 38.8 Å². The lowest BCUT2D eigenvalue weighted by molar-refractivity contribution is -0.0522. The Morgan fingerprint density at radius 3 is 2.53 bits per heavy atom. The van der Waals surface area contributed by atoms with Gasteiger partial charge >= 0.3 is 6.61 Å². The van der Waals surface area contributed by atoms with Crippen molar-refractivity contribution in [3.63, 3.8) is 0 Å². The first kappa shape index (κ1) is 15.4. The summed E-state index contributed by atoms with van der Waals surface area (Å²) in [5.74, 6) is -1.39. The highest BCUT2D eigenvalue weighted by Gasteiger charge is 2.14. The molecule has 0 aliphatic heterocycles. The number of alkyl halides is 2. The lowest BCUT2D eigenvalue weighted by atomic mass is 10.2. The SMILES string of the molecule is CN(C)CCCOc1cc(OC(F)F)c(F)cc1N. The Morgan fingerprint density at radius 2 is 1.95 bits per heavy atom. The maximum Gasteiger partial charge on any atom is 0.387 e. The van der Waals surface area contributed by atoms with Gasteiger partial charge in [-0.1, -0.05) is 0 Å². The zero-order valence-electron chi connectivity index (χ0n) is 10.8. The van der Waals surface area contributed by atoms with Gasteiger partial charge in [-0.05, 0) is 20.5 Å². The number of ether oxygens (including phenoxy) is 2. The molecule has 2 N–H and O–H groups in total. The zero-order valence-corrected chi connectivity index (χ0v) is 10.8. The van der Waals surface area contributed by atoms with Gasteiger partial charge in [0.25, 0.3) is 0 Å². The minimum absolute atomic E-state index is 0.0453. The van der Waals surface area contributed by atoms with Crippen molar-refractivity contribution in [2.45, 2.75) is 13.0 Å². The summed E-state index contributed by atoms with van der Waals surface area (Å²) in [5, 5.41) is 0. The van der Waals surface area contributed by atoms with Crippen molar-refractivity contribution in [2.75, 3.05) is 33.0 Å². The van der Waals surface area contributed by atoms with Crippen molar-refractivity contribution in [1.82, 2.24) is 4.90 Å². The van der Waals surface area contributed by atoms with E-state index in [9.17, 15) is 13.2 Å². The van der Waals surface area contributed by atoms with Crippen LogP contribution in [0.5, 0.6) is 11.5 Å². The number of nitrogen functional groups attached to an aromatic ring is 1. The smallest absolute Gasteiger partial charge is 0.387 e. The predicted molar refractivity (Wildman–Crippen MR) is 66.1 cm³/mol. The van der Waals surface area contributed by atoms with Crippen molar-refractivity contribution in [3.05, 3.63) is 17.9 Å². The van der Waals surface area contributed by atoms with E-state index in [0.717, 1.165) is 25.1 Å². The summed E-state index contributed by atoms with van der Waals surface area (Å²) in [6.07, 6.45) is 0.731. The van der Waals surface area contributed by atoms with Gasteiger partial charge in [0.15, 0.2) is 11.6 Å². The second-order valence-corrected chi connectivity index (χ2v) is 4.20. The molecule has 0 amide bonds. The maximum atomic E-state index is 13.3. The molecule has 0 aromatic heterocycles. The third-order valence-corrected chi connectivity index (χ3v) is 2.29. The normalized spacial score (nSPS) is 11.1. The van der Waals surface area contributed by atoms with E-state index in [1.54, 1.807) is 0 Å². The Morgan fingerprint density at radius 1 is 1.26 bits per heavy atom.